The number of aromatic nitrogens is 2. The first-order chi connectivity index (χ1) is 9.69. The lowest BCUT2D eigenvalue weighted by Crippen LogP contribution is -2.49. The molecule has 1 unspecified atom stereocenters. The molecular formula is C12H16ClFN4O2. The molecule has 20 heavy (non-hydrogen) atoms. The van der Waals surface area contributed by atoms with E-state index in [1.54, 1.807) is 4.90 Å². The summed E-state index contributed by atoms with van der Waals surface area (Å²) in [6, 6.07) is -0.0293. The van der Waals surface area contributed by atoms with Crippen LogP contribution in [0.2, 0.25) is 0 Å². The highest BCUT2D eigenvalue weighted by atomic mass is 35.5. The SMILES string of the molecule is O=C(NCCCl)N1CCCC(Oc2ncc(F)cn2)C1. The van der Waals surface area contributed by atoms with Gasteiger partial charge in [0.05, 0.1) is 18.9 Å². The van der Waals surface area contributed by atoms with E-state index in [1.807, 2.05) is 0 Å². The first kappa shape index (κ1) is 14.8. The number of ether oxygens (including phenoxy) is 1. The molecule has 1 fully saturated rings. The van der Waals surface area contributed by atoms with Gasteiger partial charge in [0.25, 0.3) is 0 Å². The van der Waals surface area contributed by atoms with Crippen molar-refractivity contribution < 1.29 is 13.9 Å². The van der Waals surface area contributed by atoms with Crippen molar-refractivity contribution in [1.29, 1.82) is 0 Å². The Hall–Kier alpha value is -1.63. The van der Waals surface area contributed by atoms with Crippen molar-refractivity contribution in [3.63, 3.8) is 0 Å². The summed E-state index contributed by atoms with van der Waals surface area (Å²) in [5.74, 6) is -0.133. The monoisotopic (exact) mass is 302 g/mol. The van der Waals surface area contributed by atoms with Gasteiger partial charge in [-0.2, -0.15) is 0 Å². The van der Waals surface area contributed by atoms with Crippen molar-refractivity contribution in [2.75, 3.05) is 25.5 Å². The molecule has 1 aliphatic heterocycles. The van der Waals surface area contributed by atoms with Crippen LogP contribution >= 0.6 is 11.6 Å². The highest BCUT2D eigenvalue weighted by Crippen LogP contribution is 2.15. The summed E-state index contributed by atoms with van der Waals surface area (Å²) in [7, 11) is 0. The molecule has 1 aliphatic rings. The van der Waals surface area contributed by atoms with Gasteiger partial charge in [0.2, 0.25) is 0 Å². The molecule has 2 amide bonds. The highest BCUT2D eigenvalue weighted by Gasteiger charge is 2.25. The van der Waals surface area contributed by atoms with Gasteiger partial charge in [0.1, 0.15) is 6.10 Å². The normalized spacial score (nSPS) is 18.7. The highest BCUT2D eigenvalue weighted by molar-refractivity contribution is 6.18. The second-order valence-corrected chi connectivity index (χ2v) is 4.81. The maximum absolute atomic E-state index is 12.7. The third kappa shape index (κ3) is 4.19. The number of urea groups is 1. The Morgan fingerprint density at radius 1 is 1.55 bits per heavy atom. The number of carbonyl (C=O) groups excluding carboxylic acids is 1. The minimum atomic E-state index is -0.511. The molecule has 0 bridgehead atoms. The molecule has 1 saturated heterocycles. The Kier molecular flexibility index (Phi) is 5.34. The molecule has 6 nitrogen and oxygen atoms in total. The fourth-order valence-corrected chi connectivity index (χ4v) is 2.09. The number of carbonyl (C=O) groups is 1. The first-order valence-electron chi connectivity index (χ1n) is 6.42. The van der Waals surface area contributed by atoms with Gasteiger partial charge in [-0.3, -0.25) is 0 Å². The van der Waals surface area contributed by atoms with E-state index in [0.717, 1.165) is 25.2 Å². The standard InChI is InChI=1S/C12H16ClFN4O2/c13-3-4-15-12(19)18-5-1-2-10(8-18)20-11-16-6-9(14)7-17-11/h6-7,10H,1-5,8H2,(H,15,19). The second kappa shape index (κ2) is 7.23. The molecule has 1 atom stereocenters. The molecule has 1 aromatic heterocycles. The van der Waals surface area contributed by atoms with Gasteiger partial charge in [-0.25, -0.2) is 19.2 Å². The molecule has 0 radical (unpaired) electrons. The van der Waals surface area contributed by atoms with Crippen LogP contribution in [-0.4, -0.2) is 52.5 Å². The number of likely N-dealkylation sites (tertiary alicyclic amines) is 1. The van der Waals surface area contributed by atoms with E-state index in [-0.39, 0.29) is 18.1 Å². The van der Waals surface area contributed by atoms with Crippen molar-refractivity contribution in [2.45, 2.75) is 18.9 Å². The molecule has 2 rings (SSSR count). The Morgan fingerprint density at radius 2 is 2.30 bits per heavy atom. The summed E-state index contributed by atoms with van der Waals surface area (Å²) in [4.78, 5) is 21.0. The van der Waals surface area contributed by atoms with Gasteiger partial charge < -0.3 is 15.0 Å². The summed E-state index contributed by atoms with van der Waals surface area (Å²) in [6.07, 6.45) is 3.56. The molecule has 1 aromatic rings. The van der Waals surface area contributed by atoms with Crippen LogP contribution in [0.25, 0.3) is 0 Å². The number of piperidine rings is 1. The van der Waals surface area contributed by atoms with Crippen LogP contribution in [0.3, 0.4) is 0 Å². The molecule has 1 N–H and O–H groups in total. The minimum Gasteiger partial charge on any atom is -0.458 e. The number of hydrogen-bond donors (Lipinski definition) is 1. The number of alkyl halides is 1. The van der Waals surface area contributed by atoms with Gasteiger partial charge in [0, 0.05) is 19.0 Å². The van der Waals surface area contributed by atoms with Crippen molar-refractivity contribution in [3.8, 4) is 6.01 Å². The zero-order chi connectivity index (χ0) is 14.4. The number of halogens is 2. The summed E-state index contributed by atoms with van der Waals surface area (Å²) in [5, 5.41) is 2.71. The molecule has 8 heteroatoms. The minimum absolute atomic E-state index is 0.124. The van der Waals surface area contributed by atoms with E-state index in [1.165, 1.54) is 0 Å². The fourth-order valence-electron chi connectivity index (χ4n) is 2.00. The third-order valence-electron chi connectivity index (χ3n) is 2.90. The van der Waals surface area contributed by atoms with E-state index < -0.39 is 5.82 Å². The Balaban J connectivity index is 1.86. The first-order valence-corrected chi connectivity index (χ1v) is 6.95. The van der Waals surface area contributed by atoms with Gasteiger partial charge in [-0.05, 0) is 12.8 Å². The van der Waals surface area contributed by atoms with E-state index in [2.05, 4.69) is 15.3 Å². The van der Waals surface area contributed by atoms with Crippen LogP contribution in [0.4, 0.5) is 9.18 Å². The van der Waals surface area contributed by atoms with Crippen molar-refractivity contribution in [2.24, 2.45) is 0 Å². The van der Waals surface area contributed by atoms with Gasteiger partial charge in [0.15, 0.2) is 5.82 Å². The maximum Gasteiger partial charge on any atom is 0.317 e. The molecule has 0 aromatic carbocycles. The van der Waals surface area contributed by atoms with Crippen LogP contribution in [0.15, 0.2) is 12.4 Å². The zero-order valence-corrected chi connectivity index (χ0v) is 11.6. The van der Waals surface area contributed by atoms with Crippen LogP contribution < -0.4 is 10.1 Å². The summed E-state index contributed by atoms with van der Waals surface area (Å²) in [6.45, 7) is 1.57. The van der Waals surface area contributed by atoms with Gasteiger partial charge in [-0.15, -0.1) is 11.6 Å². The number of rotatable bonds is 4. The third-order valence-corrected chi connectivity index (χ3v) is 3.09. The van der Waals surface area contributed by atoms with E-state index in [0.29, 0.717) is 25.5 Å². The molecule has 2 heterocycles. The summed E-state index contributed by atoms with van der Waals surface area (Å²) < 4.78 is 18.3. The Morgan fingerprint density at radius 3 is 3.00 bits per heavy atom. The lowest BCUT2D eigenvalue weighted by molar-refractivity contribution is 0.0939. The van der Waals surface area contributed by atoms with E-state index in [9.17, 15) is 9.18 Å². The fraction of sp³-hybridized carbons (Fsp3) is 0.583. The number of amides is 2. The average Bonchev–Trinajstić information content (AvgIpc) is 2.47. The molecular weight excluding hydrogens is 287 g/mol. The predicted molar refractivity (Wildman–Crippen MR) is 71.3 cm³/mol. The topological polar surface area (TPSA) is 67.4 Å². The smallest absolute Gasteiger partial charge is 0.317 e. The second-order valence-electron chi connectivity index (χ2n) is 4.43. The lowest BCUT2D eigenvalue weighted by atomic mass is 10.1. The van der Waals surface area contributed by atoms with Crippen molar-refractivity contribution >= 4 is 17.6 Å². The van der Waals surface area contributed by atoms with E-state index >= 15 is 0 Å². The Labute approximate surface area is 121 Å². The quantitative estimate of drug-likeness (QED) is 0.854. The molecule has 0 spiro atoms. The van der Waals surface area contributed by atoms with Crippen LogP contribution in [0.1, 0.15) is 12.8 Å². The van der Waals surface area contributed by atoms with E-state index in [4.69, 9.17) is 16.3 Å². The summed E-state index contributed by atoms with van der Waals surface area (Å²) >= 11 is 5.53. The van der Waals surface area contributed by atoms with Gasteiger partial charge in [-0.1, -0.05) is 0 Å². The molecule has 0 aliphatic carbocycles. The lowest BCUT2D eigenvalue weighted by Gasteiger charge is -2.32. The van der Waals surface area contributed by atoms with Crippen molar-refractivity contribution in [1.82, 2.24) is 20.2 Å². The van der Waals surface area contributed by atoms with Crippen LogP contribution in [-0.2, 0) is 0 Å². The average molecular weight is 303 g/mol. The predicted octanol–water partition coefficient (Wildman–Crippen LogP) is 1.41. The van der Waals surface area contributed by atoms with Gasteiger partial charge >= 0.3 is 12.0 Å². The number of nitrogens with one attached hydrogen (secondary N) is 1. The summed E-state index contributed by atoms with van der Waals surface area (Å²) in [5.41, 5.74) is 0. The molecule has 0 saturated carbocycles. The van der Waals surface area contributed by atoms with Crippen molar-refractivity contribution in [3.05, 3.63) is 18.2 Å². The zero-order valence-electron chi connectivity index (χ0n) is 10.9. The molecule has 110 valence electrons. The van der Waals surface area contributed by atoms with Crippen LogP contribution in [0, 0.1) is 5.82 Å². The maximum atomic E-state index is 12.7. The Bertz CT molecular complexity index is 446. The largest absolute Gasteiger partial charge is 0.458 e. The number of hydrogen-bond acceptors (Lipinski definition) is 4. The van der Waals surface area contributed by atoms with Crippen LogP contribution in [0.5, 0.6) is 6.01 Å². The number of nitrogens with zero attached hydrogens (tertiary/aromatic N) is 3.